The highest BCUT2D eigenvalue weighted by Crippen LogP contribution is 2.20. The number of nitrogens with zero attached hydrogens (tertiary/aromatic N) is 1. The second kappa shape index (κ2) is 5.09. The largest absolute Gasteiger partial charge is 0.337 e. The normalized spacial score (nSPS) is 14.3. The molecule has 0 saturated heterocycles. The Kier molecular flexibility index (Phi) is 5.24. The minimum atomic E-state index is -1.73. The fourth-order valence-electron chi connectivity index (χ4n) is 0.457. The van der Waals surface area contributed by atoms with Gasteiger partial charge < -0.3 is 4.89 Å². The van der Waals surface area contributed by atoms with Gasteiger partial charge in [0, 0.05) is 13.1 Å². The molecule has 0 aromatic heterocycles. The molecule has 0 heterocycles. The summed E-state index contributed by atoms with van der Waals surface area (Å²) in [5, 5.41) is 1.60. The Bertz CT molecular complexity index is 67.6. The molecular weight excluding hydrogens is 139 g/mol. The standard InChI is InChI=1S/C4H13N2O2P/c1-3-6(4-2)8-9(5)7/h7H,3-5H2,1-2H3. The minimum Gasteiger partial charge on any atom is -0.337 e. The summed E-state index contributed by atoms with van der Waals surface area (Å²) in [6.45, 7) is 5.35. The molecule has 0 rings (SSSR count). The van der Waals surface area contributed by atoms with Crippen LogP contribution in [-0.4, -0.2) is 23.0 Å². The van der Waals surface area contributed by atoms with Gasteiger partial charge in [0.05, 0.1) is 0 Å². The van der Waals surface area contributed by atoms with E-state index in [-0.39, 0.29) is 0 Å². The zero-order valence-corrected chi connectivity index (χ0v) is 6.64. The maximum absolute atomic E-state index is 8.56. The van der Waals surface area contributed by atoms with E-state index in [2.05, 4.69) is 0 Å². The van der Waals surface area contributed by atoms with Crippen LogP contribution in [0.2, 0.25) is 0 Å². The summed E-state index contributed by atoms with van der Waals surface area (Å²) in [5.41, 5.74) is 5.00. The lowest BCUT2D eigenvalue weighted by Gasteiger charge is -2.17. The van der Waals surface area contributed by atoms with Gasteiger partial charge >= 0.3 is 0 Å². The van der Waals surface area contributed by atoms with Crippen LogP contribution in [0.4, 0.5) is 0 Å². The number of hydrogen-bond acceptors (Lipinski definition) is 4. The molecule has 56 valence electrons. The average Bonchev–Trinajstić information content (AvgIpc) is 1.82. The van der Waals surface area contributed by atoms with Crippen LogP contribution < -0.4 is 5.50 Å². The van der Waals surface area contributed by atoms with E-state index in [1.807, 2.05) is 13.8 Å². The lowest BCUT2D eigenvalue weighted by Crippen LogP contribution is -2.21. The third kappa shape index (κ3) is 4.75. The van der Waals surface area contributed by atoms with Gasteiger partial charge in [-0.05, 0) is 0 Å². The van der Waals surface area contributed by atoms with Gasteiger partial charge in [-0.2, -0.15) is 5.06 Å². The zero-order chi connectivity index (χ0) is 7.28. The van der Waals surface area contributed by atoms with Crippen LogP contribution in [0, 0.1) is 0 Å². The number of nitrogens with two attached hydrogens (primary N) is 1. The van der Waals surface area contributed by atoms with E-state index < -0.39 is 8.53 Å². The lowest BCUT2D eigenvalue weighted by molar-refractivity contribution is -0.0466. The number of rotatable bonds is 4. The first-order chi connectivity index (χ1) is 4.20. The summed E-state index contributed by atoms with van der Waals surface area (Å²) in [7, 11) is -1.73. The highest BCUT2D eigenvalue weighted by molar-refractivity contribution is 7.43. The maximum atomic E-state index is 8.56. The van der Waals surface area contributed by atoms with Crippen molar-refractivity contribution in [3.63, 3.8) is 0 Å². The first-order valence-corrected chi connectivity index (χ1v) is 4.15. The van der Waals surface area contributed by atoms with E-state index in [0.29, 0.717) is 0 Å². The van der Waals surface area contributed by atoms with E-state index >= 15 is 0 Å². The molecule has 0 spiro atoms. The van der Waals surface area contributed by atoms with Gasteiger partial charge in [-0.3, -0.25) is 5.50 Å². The van der Waals surface area contributed by atoms with Gasteiger partial charge in [0.1, 0.15) is 0 Å². The van der Waals surface area contributed by atoms with Crippen LogP contribution in [0.3, 0.4) is 0 Å². The highest BCUT2D eigenvalue weighted by Gasteiger charge is 2.03. The summed E-state index contributed by atoms with van der Waals surface area (Å²) in [5.74, 6) is 0. The molecule has 1 atom stereocenters. The molecule has 4 nitrogen and oxygen atoms in total. The average molecular weight is 152 g/mol. The van der Waals surface area contributed by atoms with Gasteiger partial charge in [-0.25, -0.2) is 4.62 Å². The van der Waals surface area contributed by atoms with Crippen molar-refractivity contribution < 1.29 is 9.52 Å². The summed E-state index contributed by atoms with van der Waals surface area (Å²) in [4.78, 5) is 8.56. The minimum absolute atomic E-state index is 0.743. The van der Waals surface area contributed by atoms with Gasteiger partial charge in [-0.1, -0.05) is 13.8 Å². The van der Waals surface area contributed by atoms with Crippen LogP contribution in [0.15, 0.2) is 0 Å². The number of hydrogen-bond donors (Lipinski definition) is 2. The maximum Gasteiger partial charge on any atom is 0.268 e. The van der Waals surface area contributed by atoms with Crippen LogP contribution in [0.5, 0.6) is 0 Å². The molecular formula is C4H13N2O2P. The van der Waals surface area contributed by atoms with Crippen LogP contribution in [-0.2, 0) is 4.62 Å². The van der Waals surface area contributed by atoms with Crippen LogP contribution in [0.1, 0.15) is 13.8 Å². The predicted molar refractivity (Wildman–Crippen MR) is 37.3 cm³/mol. The molecule has 0 aliphatic carbocycles. The topological polar surface area (TPSA) is 58.7 Å². The molecule has 1 unspecified atom stereocenters. The number of hydroxylamine groups is 2. The Labute approximate surface area is 56.5 Å². The fourth-order valence-corrected chi connectivity index (χ4v) is 0.925. The smallest absolute Gasteiger partial charge is 0.268 e. The van der Waals surface area contributed by atoms with E-state index in [0.717, 1.165) is 13.1 Å². The molecule has 0 aromatic rings. The SMILES string of the molecule is CCN(CC)OP(N)O. The van der Waals surface area contributed by atoms with E-state index in [4.69, 9.17) is 15.0 Å². The molecule has 9 heavy (non-hydrogen) atoms. The van der Waals surface area contributed by atoms with Crippen molar-refractivity contribution >= 4 is 8.53 Å². The van der Waals surface area contributed by atoms with E-state index in [1.54, 1.807) is 5.06 Å². The summed E-state index contributed by atoms with van der Waals surface area (Å²) in [6, 6.07) is 0. The third-order valence-electron chi connectivity index (χ3n) is 0.905. The van der Waals surface area contributed by atoms with Gasteiger partial charge in [0.2, 0.25) is 0 Å². The monoisotopic (exact) mass is 152 g/mol. The van der Waals surface area contributed by atoms with Crippen molar-refractivity contribution in [2.75, 3.05) is 13.1 Å². The van der Waals surface area contributed by atoms with Crippen molar-refractivity contribution in [1.29, 1.82) is 0 Å². The first-order valence-electron chi connectivity index (χ1n) is 2.87. The molecule has 5 heteroatoms. The van der Waals surface area contributed by atoms with Gasteiger partial charge in [-0.15, -0.1) is 0 Å². The molecule has 0 amide bonds. The van der Waals surface area contributed by atoms with Crippen LogP contribution in [0.25, 0.3) is 0 Å². The quantitative estimate of drug-likeness (QED) is 0.453. The van der Waals surface area contributed by atoms with Crippen molar-refractivity contribution in [2.24, 2.45) is 5.50 Å². The summed E-state index contributed by atoms with van der Waals surface area (Å²) >= 11 is 0. The fraction of sp³-hybridized carbons (Fsp3) is 1.00. The zero-order valence-electron chi connectivity index (χ0n) is 5.74. The van der Waals surface area contributed by atoms with E-state index in [1.165, 1.54) is 0 Å². The molecule has 0 aliphatic heterocycles. The lowest BCUT2D eigenvalue weighted by atomic mass is 10.6. The molecule has 3 N–H and O–H groups in total. The highest BCUT2D eigenvalue weighted by atomic mass is 31.2. The van der Waals surface area contributed by atoms with Crippen molar-refractivity contribution in [3.05, 3.63) is 0 Å². The second-order valence-corrected chi connectivity index (χ2v) is 2.27. The Morgan fingerprint density at radius 3 is 2.11 bits per heavy atom. The molecule has 0 aromatic carbocycles. The van der Waals surface area contributed by atoms with Gasteiger partial charge in [0.25, 0.3) is 8.53 Å². The van der Waals surface area contributed by atoms with Crippen molar-refractivity contribution in [1.82, 2.24) is 5.06 Å². The van der Waals surface area contributed by atoms with Crippen molar-refractivity contribution in [3.8, 4) is 0 Å². The second-order valence-electron chi connectivity index (χ2n) is 1.50. The molecule has 0 bridgehead atoms. The van der Waals surface area contributed by atoms with Crippen molar-refractivity contribution in [2.45, 2.75) is 13.8 Å². The third-order valence-corrected chi connectivity index (χ3v) is 1.30. The van der Waals surface area contributed by atoms with E-state index in [9.17, 15) is 0 Å². The Morgan fingerprint density at radius 2 is 2.00 bits per heavy atom. The Balaban J connectivity index is 3.31. The molecule has 0 fully saturated rings. The Hall–Kier alpha value is 0.270. The molecule has 0 aliphatic rings. The predicted octanol–water partition coefficient (Wildman–Crippen LogP) is 0.438. The summed E-state index contributed by atoms with van der Waals surface area (Å²) in [6.07, 6.45) is 0. The summed E-state index contributed by atoms with van der Waals surface area (Å²) < 4.78 is 4.78. The van der Waals surface area contributed by atoms with Crippen LogP contribution >= 0.6 is 8.53 Å². The molecule has 0 radical (unpaired) electrons. The molecule has 0 saturated carbocycles. The van der Waals surface area contributed by atoms with Gasteiger partial charge in [0.15, 0.2) is 0 Å². The first kappa shape index (κ1) is 9.27. The Morgan fingerprint density at radius 1 is 1.56 bits per heavy atom.